The summed E-state index contributed by atoms with van der Waals surface area (Å²) >= 11 is 0. The van der Waals surface area contributed by atoms with Crippen molar-refractivity contribution in [1.29, 1.82) is 0 Å². The minimum atomic E-state index is -0.511. The zero-order valence-electron chi connectivity index (χ0n) is 31.8. The van der Waals surface area contributed by atoms with Crippen LogP contribution < -0.4 is 9.47 Å². The maximum absolute atomic E-state index is 13.5. The van der Waals surface area contributed by atoms with Crippen LogP contribution in [-0.4, -0.2) is 41.9 Å². The Labute approximate surface area is 299 Å². The van der Waals surface area contributed by atoms with Gasteiger partial charge < -0.3 is 9.47 Å². The molecular formula is C44H69NO4. The molecule has 274 valence electrons. The number of fused-ring (bicyclic) bond motifs is 1. The van der Waals surface area contributed by atoms with Crippen LogP contribution in [0.4, 0.5) is 0 Å². The molecule has 3 unspecified atom stereocenters. The summed E-state index contributed by atoms with van der Waals surface area (Å²) in [6.45, 7) is 11.1. The van der Waals surface area contributed by atoms with Crippen molar-refractivity contribution in [2.24, 2.45) is 11.3 Å². The molecule has 0 radical (unpaired) electrons. The maximum atomic E-state index is 13.5. The number of benzene rings is 1. The van der Waals surface area contributed by atoms with Crippen LogP contribution in [0.3, 0.4) is 0 Å². The molecule has 5 nitrogen and oxygen atoms in total. The molecule has 0 N–H and O–H groups in total. The highest BCUT2D eigenvalue weighted by molar-refractivity contribution is 5.88. The van der Waals surface area contributed by atoms with Gasteiger partial charge in [-0.15, -0.1) is 0 Å². The van der Waals surface area contributed by atoms with Crippen LogP contribution in [0.25, 0.3) is 0 Å². The summed E-state index contributed by atoms with van der Waals surface area (Å²) in [5.74, 6) is 1.99. The van der Waals surface area contributed by atoms with Crippen LogP contribution in [0.15, 0.2) is 24.3 Å². The van der Waals surface area contributed by atoms with Gasteiger partial charge in [-0.25, -0.2) is 0 Å². The molecule has 1 spiro atoms. The molecule has 4 aliphatic rings. The Kier molecular flexibility index (Phi) is 14.3. The first-order chi connectivity index (χ1) is 23.8. The van der Waals surface area contributed by atoms with Crippen LogP contribution in [0.2, 0.25) is 0 Å². The number of rotatable bonds is 24. The molecule has 2 fully saturated rings. The predicted octanol–water partition coefficient (Wildman–Crippen LogP) is 11.2. The second-order valence-corrected chi connectivity index (χ2v) is 16.6. The summed E-state index contributed by atoms with van der Waals surface area (Å²) in [5.41, 5.74) is 1.94. The Morgan fingerprint density at radius 1 is 0.857 bits per heavy atom. The lowest BCUT2D eigenvalue weighted by Crippen LogP contribution is -2.68. The molecule has 3 atom stereocenters. The molecular weight excluding hydrogens is 606 g/mol. The summed E-state index contributed by atoms with van der Waals surface area (Å²) in [6, 6.07) is 4.48. The highest BCUT2D eigenvalue weighted by Crippen LogP contribution is 2.65. The van der Waals surface area contributed by atoms with Gasteiger partial charge in [-0.3, -0.25) is 14.5 Å². The number of carbonyl (C=O) groups excluding carboxylic acids is 2. The minimum absolute atomic E-state index is 0.124. The van der Waals surface area contributed by atoms with Gasteiger partial charge in [0.05, 0.1) is 5.41 Å². The van der Waals surface area contributed by atoms with Crippen LogP contribution in [0.1, 0.15) is 180 Å². The van der Waals surface area contributed by atoms with E-state index in [1.54, 1.807) is 0 Å². The zero-order chi connectivity index (χ0) is 34.7. The van der Waals surface area contributed by atoms with E-state index in [1.165, 1.54) is 121 Å². The monoisotopic (exact) mass is 676 g/mol. The van der Waals surface area contributed by atoms with Crippen molar-refractivity contribution in [3.05, 3.63) is 35.4 Å². The summed E-state index contributed by atoms with van der Waals surface area (Å²) in [7, 11) is 0. The number of ketones is 1. The number of likely N-dealkylation sites (tertiary alicyclic amines) is 1. The summed E-state index contributed by atoms with van der Waals surface area (Å²) in [6.07, 6.45) is 31.5. The Balaban J connectivity index is 1.01. The van der Waals surface area contributed by atoms with E-state index in [-0.39, 0.29) is 22.6 Å². The Morgan fingerprint density at radius 2 is 1.47 bits per heavy atom. The van der Waals surface area contributed by atoms with Gasteiger partial charge in [0.1, 0.15) is 0 Å². The van der Waals surface area contributed by atoms with Gasteiger partial charge in [0, 0.05) is 31.0 Å². The van der Waals surface area contributed by atoms with Gasteiger partial charge in [-0.1, -0.05) is 123 Å². The molecule has 2 aliphatic carbocycles. The molecule has 1 aromatic rings. The summed E-state index contributed by atoms with van der Waals surface area (Å²) in [5, 5.41) is 0. The summed E-state index contributed by atoms with van der Waals surface area (Å²) < 4.78 is 12.7. The molecule has 49 heavy (non-hydrogen) atoms. The fourth-order valence-corrected chi connectivity index (χ4v) is 9.47. The first-order valence-corrected chi connectivity index (χ1v) is 20.8. The Hall–Kier alpha value is -2.14. The lowest BCUT2D eigenvalue weighted by molar-refractivity contribution is -0.137. The molecule has 1 saturated carbocycles. The van der Waals surface area contributed by atoms with E-state index in [4.69, 9.17) is 9.47 Å². The molecule has 5 rings (SSSR count). The van der Waals surface area contributed by atoms with Crippen LogP contribution in [0.5, 0.6) is 11.5 Å². The van der Waals surface area contributed by atoms with Crippen molar-refractivity contribution >= 4 is 11.8 Å². The van der Waals surface area contributed by atoms with E-state index in [0.717, 1.165) is 43.7 Å². The Bertz CT molecular complexity index is 1250. The lowest BCUT2D eigenvalue weighted by atomic mass is 9.48. The first kappa shape index (κ1) is 38.1. The normalized spacial score (nSPS) is 23.8. The number of allylic oxidation sites excluding steroid dienone is 2. The largest absolute Gasteiger partial charge is 0.477 e. The fourth-order valence-electron chi connectivity index (χ4n) is 9.47. The van der Waals surface area contributed by atoms with Crippen LogP contribution in [0, 0.1) is 11.3 Å². The number of carbonyl (C=O) groups is 2. The van der Waals surface area contributed by atoms with Gasteiger partial charge in [-0.2, -0.15) is 0 Å². The van der Waals surface area contributed by atoms with Crippen LogP contribution >= 0.6 is 0 Å². The highest BCUT2D eigenvalue weighted by Gasteiger charge is 2.68. The standard InChI is InChI=1S/C44H69NO4/c1-5-7-8-9-10-11-12-13-14-15-16-17-18-19-20-21-22-23-24-25-39(47)48-37-29-28-35-32-38-43(3,4)44(30-31-45(38)33-34-26-27-34)40(35)41(37)49-42(44)36(46)6-2/h13-14,28-29,34,38,42H,5-12,15-27,30-33H2,1-4H3/b14-13-. The van der Waals surface area contributed by atoms with Gasteiger partial charge >= 0.3 is 5.97 Å². The second kappa shape index (κ2) is 18.4. The third-order valence-electron chi connectivity index (χ3n) is 12.7. The second-order valence-electron chi connectivity index (χ2n) is 16.6. The number of hydrogen-bond acceptors (Lipinski definition) is 5. The molecule has 2 heterocycles. The minimum Gasteiger partial charge on any atom is -0.477 e. The van der Waals surface area contributed by atoms with Gasteiger partial charge in [0.15, 0.2) is 23.4 Å². The molecule has 1 saturated heterocycles. The maximum Gasteiger partial charge on any atom is 0.311 e. The number of unbranched alkanes of at least 4 members (excludes halogenated alkanes) is 15. The van der Waals surface area contributed by atoms with E-state index in [2.05, 4.69) is 43.9 Å². The number of Topliss-reactive ketones (excluding diaryl/α,β-unsaturated/α-hetero) is 1. The Morgan fingerprint density at radius 3 is 2.08 bits per heavy atom. The van der Waals surface area contributed by atoms with Crippen molar-refractivity contribution in [2.75, 3.05) is 13.1 Å². The van der Waals surface area contributed by atoms with Crippen molar-refractivity contribution in [1.82, 2.24) is 4.90 Å². The van der Waals surface area contributed by atoms with Crippen molar-refractivity contribution in [3.8, 4) is 11.5 Å². The molecule has 5 heteroatoms. The molecule has 1 aromatic carbocycles. The molecule has 0 amide bonds. The fraction of sp³-hybridized carbons (Fsp3) is 0.773. The smallest absolute Gasteiger partial charge is 0.311 e. The predicted molar refractivity (Wildman–Crippen MR) is 202 cm³/mol. The van der Waals surface area contributed by atoms with Crippen molar-refractivity contribution < 1.29 is 19.1 Å². The average molecular weight is 676 g/mol. The van der Waals surface area contributed by atoms with Crippen LogP contribution in [-0.2, 0) is 21.4 Å². The summed E-state index contributed by atoms with van der Waals surface area (Å²) in [4.78, 5) is 29.3. The quantitative estimate of drug-likeness (QED) is 0.0472. The van der Waals surface area contributed by atoms with E-state index in [1.807, 2.05) is 13.0 Å². The highest BCUT2D eigenvalue weighted by atomic mass is 16.6. The third-order valence-corrected chi connectivity index (χ3v) is 12.7. The molecule has 0 aromatic heterocycles. The van der Waals surface area contributed by atoms with Crippen molar-refractivity contribution in [2.45, 2.75) is 193 Å². The number of nitrogens with zero attached hydrogens (tertiary/aromatic N) is 1. The molecule has 2 aliphatic heterocycles. The number of piperidine rings is 1. The number of esters is 1. The number of ether oxygens (including phenoxy) is 2. The van der Waals surface area contributed by atoms with Gasteiger partial charge in [0.25, 0.3) is 0 Å². The SMILES string of the molecule is CCCCCCCC/C=C\CCCCCCCCCCCC(=O)Oc1ccc2c3c1OC(C(=O)CC)C31CCN(CC3CC3)C(C2)C1(C)C. The first-order valence-electron chi connectivity index (χ1n) is 20.8. The lowest BCUT2D eigenvalue weighted by Gasteiger charge is -2.61. The third kappa shape index (κ3) is 9.21. The molecule has 2 bridgehead atoms. The van der Waals surface area contributed by atoms with Gasteiger partial charge in [0.2, 0.25) is 0 Å². The average Bonchev–Trinajstić information content (AvgIpc) is 3.83. The van der Waals surface area contributed by atoms with Crippen molar-refractivity contribution in [3.63, 3.8) is 0 Å². The topological polar surface area (TPSA) is 55.8 Å². The van der Waals surface area contributed by atoms with Gasteiger partial charge in [-0.05, 0) is 87.3 Å². The van der Waals surface area contributed by atoms with E-state index in [0.29, 0.717) is 30.4 Å². The van der Waals surface area contributed by atoms with E-state index < -0.39 is 6.10 Å². The zero-order valence-corrected chi connectivity index (χ0v) is 31.8. The van der Waals surface area contributed by atoms with E-state index in [9.17, 15) is 9.59 Å². The number of hydrogen-bond donors (Lipinski definition) is 0. The van der Waals surface area contributed by atoms with E-state index >= 15 is 0 Å².